The Morgan fingerprint density at radius 1 is 0.957 bits per heavy atom. The third kappa shape index (κ3) is 4.45. The molecule has 0 spiro atoms. The second-order valence-electron chi connectivity index (χ2n) is 12.6. The van der Waals surface area contributed by atoms with Crippen molar-refractivity contribution >= 4 is 29.1 Å². The normalized spacial score (nSPS) is 26.7. The number of carbonyl (C=O) groups excluding carboxylic acids is 2. The van der Waals surface area contributed by atoms with Gasteiger partial charge in [0, 0.05) is 46.4 Å². The molecule has 8 bridgehead atoms. The van der Waals surface area contributed by atoms with Crippen molar-refractivity contribution in [3.8, 4) is 0 Å². The Morgan fingerprint density at radius 2 is 1.61 bits per heavy atom. The SMILES string of the molecule is CCC1=C(C)C2=NC1=CC1=C(C)C3=C(O)[C@](C)(C(=O)OC)C(=C4NC(=CC5=NC(=C2)C(CO)=C5C)[C@@H](C)[C@@H]4CCC(=O)OC)C3=N1. The van der Waals surface area contributed by atoms with Crippen LogP contribution >= 0.6 is 0 Å². The summed E-state index contributed by atoms with van der Waals surface area (Å²) in [6.45, 7) is 11.5. The first-order valence-corrected chi connectivity index (χ1v) is 15.7. The quantitative estimate of drug-likeness (QED) is 0.336. The smallest absolute Gasteiger partial charge is 0.323 e. The van der Waals surface area contributed by atoms with E-state index in [0.717, 1.165) is 51.4 Å². The van der Waals surface area contributed by atoms with E-state index >= 15 is 0 Å². The first-order chi connectivity index (χ1) is 21.9. The third-order valence-electron chi connectivity index (χ3n) is 10.3. The highest BCUT2D eigenvalue weighted by atomic mass is 16.5. The second kappa shape index (κ2) is 11.3. The van der Waals surface area contributed by atoms with E-state index in [9.17, 15) is 19.8 Å². The molecule has 0 radical (unpaired) electrons. The fourth-order valence-electron chi connectivity index (χ4n) is 7.42. The molecule has 1 aliphatic carbocycles. The number of allylic oxidation sites excluding steroid dienone is 10. The van der Waals surface area contributed by atoms with Gasteiger partial charge in [0.2, 0.25) is 0 Å². The predicted octanol–water partition coefficient (Wildman–Crippen LogP) is 5.39. The number of rotatable bonds is 6. The largest absolute Gasteiger partial charge is 0.510 e. The lowest BCUT2D eigenvalue weighted by Gasteiger charge is -2.27. The molecule has 5 heterocycles. The van der Waals surface area contributed by atoms with Gasteiger partial charge in [-0.25, -0.2) is 15.0 Å². The second-order valence-corrected chi connectivity index (χ2v) is 12.6. The van der Waals surface area contributed by atoms with Crippen LogP contribution in [0, 0.1) is 17.3 Å². The molecule has 240 valence electrons. The van der Waals surface area contributed by atoms with Gasteiger partial charge in [-0.05, 0) is 81.1 Å². The van der Waals surface area contributed by atoms with Crippen LogP contribution in [0.2, 0.25) is 0 Å². The highest BCUT2D eigenvalue weighted by Gasteiger charge is 2.57. The van der Waals surface area contributed by atoms with Crippen molar-refractivity contribution in [3.63, 3.8) is 0 Å². The van der Waals surface area contributed by atoms with E-state index < -0.39 is 11.4 Å². The summed E-state index contributed by atoms with van der Waals surface area (Å²) >= 11 is 0. The first kappa shape index (κ1) is 31.4. The van der Waals surface area contributed by atoms with Gasteiger partial charge in [0.25, 0.3) is 0 Å². The Hall–Kier alpha value is -4.57. The molecule has 0 saturated carbocycles. The van der Waals surface area contributed by atoms with Gasteiger partial charge in [-0.15, -0.1) is 0 Å². The van der Waals surface area contributed by atoms with Gasteiger partial charge in [0.1, 0.15) is 5.76 Å². The van der Waals surface area contributed by atoms with E-state index in [-0.39, 0.29) is 36.6 Å². The zero-order valence-corrected chi connectivity index (χ0v) is 27.6. The van der Waals surface area contributed by atoms with Crippen LogP contribution in [0.5, 0.6) is 0 Å². The molecule has 1 saturated heterocycles. The monoisotopic (exact) mass is 624 g/mol. The Labute approximate surface area is 268 Å². The molecule has 0 aromatic rings. The van der Waals surface area contributed by atoms with Crippen LogP contribution in [-0.4, -0.2) is 60.1 Å². The van der Waals surface area contributed by atoms with Gasteiger partial charge in [0.05, 0.1) is 55.1 Å². The first-order valence-electron chi connectivity index (χ1n) is 15.7. The van der Waals surface area contributed by atoms with Crippen LogP contribution < -0.4 is 5.32 Å². The average Bonchev–Trinajstić information content (AvgIpc) is 3.76. The summed E-state index contributed by atoms with van der Waals surface area (Å²) in [5.74, 6) is -1.46. The summed E-state index contributed by atoms with van der Waals surface area (Å²) in [5, 5.41) is 25.9. The Bertz CT molecular complexity index is 1850. The molecule has 46 heavy (non-hydrogen) atoms. The Morgan fingerprint density at radius 3 is 2.24 bits per heavy atom. The third-order valence-corrected chi connectivity index (χ3v) is 10.3. The van der Waals surface area contributed by atoms with E-state index in [0.29, 0.717) is 46.1 Å². The zero-order valence-electron chi connectivity index (χ0n) is 27.6. The molecule has 6 rings (SSSR count). The van der Waals surface area contributed by atoms with Crippen molar-refractivity contribution in [2.75, 3.05) is 20.8 Å². The summed E-state index contributed by atoms with van der Waals surface area (Å²) in [6.07, 6.45) is 7.15. The maximum absolute atomic E-state index is 13.6. The lowest BCUT2D eigenvalue weighted by Crippen LogP contribution is -2.35. The molecular weight excluding hydrogens is 584 g/mol. The van der Waals surface area contributed by atoms with E-state index in [4.69, 9.17) is 24.5 Å². The van der Waals surface area contributed by atoms with Crippen molar-refractivity contribution in [1.29, 1.82) is 0 Å². The van der Waals surface area contributed by atoms with E-state index in [1.54, 1.807) is 6.92 Å². The topological polar surface area (TPSA) is 142 Å². The number of aliphatic imine (C=N–C) groups is 3. The summed E-state index contributed by atoms with van der Waals surface area (Å²) in [6, 6.07) is 0. The van der Waals surface area contributed by atoms with Crippen LogP contribution in [-0.2, 0) is 19.1 Å². The number of hydrogen-bond acceptors (Lipinski definition) is 10. The molecule has 10 nitrogen and oxygen atoms in total. The number of aliphatic hydroxyl groups is 2. The highest BCUT2D eigenvalue weighted by molar-refractivity contribution is 6.25. The van der Waals surface area contributed by atoms with Gasteiger partial charge >= 0.3 is 11.9 Å². The number of methoxy groups -OCH3 is 2. The van der Waals surface area contributed by atoms with Gasteiger partial charge in [-0.2, -0.15) is 0 Å². The van der Waals surface area contributed by atoms with Gasteiger partial charge in [0.15, 0.2) is 5.41 Å². The minimum absolute atomic E-state index is 0.122. The summed E-state index contributed by atoms with van der Waals surface area (Å²) in [4.78, 5) is 41.0. The van der Waals surface area contributed by atoms with Crippen molar-refractivity contribution in [2.45, 2.75) is 60.8 Å². The van der Waals surface area contributed by atoms with Crippen molar-refractivity contribution in [1.82, 2.24) is 5.32 Å². The standard InChI is InChI=1S/C36H40N4O6/c1-9-20-16(2)24-13-28-22(15-41)18(4)23(38-28)12-25-17(3)21(10-11-29(42)45-7)32(39-25)31-33-30(34(43)36(31,6)35(44)46-8)19(5)26(40-33)14-27(20)37-24/h12-14,17,21,39,41,43H,9-11,15H2,1-8H3/t17-,21-,36+/m0/s1. The number of esters is 2. The number of carbonyl (C=O) groups is 2. The highest BCUT2D eigenvalue weighted by Crippen LogP contribution is 2.54. The molecule has 1 fully saturated rings. The number of aliphatic hydroxyl groups excluding tert-OH is 2. The number of hydrogen-bond donors (Lipinski definition) is 3. The summed E-state index contributed by atoms with van der Waals surface area (Å²) < 4.78 is 10.3. The molecule has 5 aliphatic heterocycles. The maximum Gasteiger partial charge on any atom is 0.323 e. The lowest BCUT2D eigenvalue weighted by atomic mass is 9.78. The Kier molecular flexibility index (Phi) is 7.75. The van der Waals surface area contributed by atoms with Crippen molar-refractivity contribution in [3.05, 3.63) is 91.5 Å². The molecule has 3 N–H and O–H groups in total. The maximum atomic E-state index is 13.6. The predicted molar refractivity (Wildman–Crippen MR) is 176 cm³/mol. The lowest BCUT2D eigenvalue weighted by molar-refractivity contribution is -0.148. The van der Waals surface area contributed by atoms with Gasteiger partial charge in [-0.1, -0.05) is 13.8 Å². The van der Waals surface area contributed by atoms with Gasteiger partial charge in [-0.3, -0.25) is 9.59 Å². The van der Waals surface area contributed by atoms with Crippen molar-refractivity contribution in [2.24, 2.45) is 32.2 Å². The Balaban J connectivity index is 1.68. The molecule has 0 aromatic carbocycles. The zero-order chi connectivity index (χ0) is 33.2. The van der Waals surface area contributed by atoms with Crippen LogP contribution in [0.1, 0.15) is 60.8 Å². The van der Waals surface area contributed by atoms with Crippen LogP contribution in [0.3, 0.4) is 0 Å². The average molecular weight is 625 g/mol. The van der Waals surface area contributed by atoms with Gasteiger partial charge < -0.3 is 25.0 Å². The number of ether oxygens (including phenoxy) is 2. The van der Waals surface area contributed by atoms with Crippen LogP contribution in [0.15, 0.2) is 106 Å². The molecule has 0 aromatic heterocycles. The molecule has 10 heteroatoms. The van der Waals surface area contributed by atoms with Crippen LogP contribution in [0.25, 0.3) is 0 Å². The van der Waals surface area contributed by atoms with E-state index in [1.807, 2.05) is 39.0 Å². The van der Waals surface area contributed by atoms with E-state index in [2.05, 4.69) is 19.2 Å². The molecule has 0 unspecified atom stereocenters. The number of fused-ring (bicyclic) bond motifs is 5. The summed E-state index contributed by atoms with van der Waals surface area (Å²) in [5.41, 5.74) is 9.42. The number of nitrogens with zero attached hydrogens (tertiary/aromatic N) is 3. The molecule has 6 aliphatic rings. The minimum atomic E-state index is -1.54. The molecular formula is C36H40N4O6. The minimum Gasteiger partial charge on any atom is -0.510 e. The fraction of sp³-hybridized carbons (Fsp3) is 0.417. The van der Waals surface area contributed by atoms with E-state index in [1.165, 1.54) is 14.2 Å². The summed E-state index contributed by atoms with van der Waals surface area (Å²) in [7, 11) is 2.67. The fourth-order valence-corrected chi connectivity index (χ4v) is 7.42. The van der Waals surface area contributed by atoms with Crippen LogP contribution in [0.4, 0.5) is 0 Å². The van der Waals surface area contributed by atoms with Crippen molar-refractivity contribution < 1.29 is 29.3 Å². The number of nitrogens with one attached hydrogen (secondary N) is 1. The molecule has 3 atom stereocenters. The molecule has 0 amide bonds.